The number of carbonyl (C=O) groups is 6. The number of hydrogen-bond acceptors (Lipinski definition) is 9. The van der Waals surface area contributed by atoms with Crippen molar-refractivity contribution in [1.82, 2.24) is 15.4 Å². The molecular formula is C45H61N3O8. The number of Topliss-reactive ketones (excluding diaryl/α,β-unsaturated/α-hetero) is 4. The van der Waals surface area contributed by atoms with Gasteiger partial charge in [0.25, 0.3) is 5.88 Å². The molecule has 3 saturated carbocycles. The normalized spacial score (nSPS) is 22.9. The number of benzene rings is 1. The molecule has 2 heterocycles. The highest BCUT2D eigenvalue weighted by atomic mass is 16.5. The minimum Gasteiger partial charge on any atom is -0.471 e. The highest BCUT2D eigenvalue weighted by molar-refractivity contribution is 6.38. The Morgan fingerprint density at radius 2 is 1.66 bits per heavy atom. The van der Waals surface area contributed by atoms with Crippen LogP contribution >= 0.6 is 0 Å². The van der Waals surface area contributed by atoms with E-state index in [1.165, 1.54) is 6.07 Å². The van der Waals surface area contributed by atoms with E-state index >= 15 is 0 Å². The summed E-state index contributed by atoms with van der Waals surface area (Å²) in [5, 5.41) is 7.05. The quantitative estimate of drug-likeness (QED) is 0.113. The number of amides is 2. The van der Waals surface area contributed by atoms with Gasteiger partial charge in [-0.2, -0.15) is 0 Å². The topological polar surface area (TPSA) is 153 Å². The molecule has 11 heteroatoms. The molecule has 3 aliphatic carbocycles. The third-order valence-electron chi connectivity index (χ3n) is 12.8. The molecule has 2 aromatic rings. The van der Waals surface area contributed by atoms with Crippen LogP contribution in [-0.4, -0.2) is 63.6 Å². The maximum Gasteiger partial charge on any atom is 0.255 e. The smallest absolute Gasteiger partial charge is 0.255 e. The Kier molecular flexibility index (Phi) is 13.6. The molecule has 1 aliphatic heterocycles. The van der Waals surface area contributed by atoms with E-state index in [9.17, 15) is 28.8 Å². The monoisotopic (exact) mass is 771 g/mol. The Bertz CT molecular complexity index is 1720. The number of nitrogens with zero attached hydrogens (tertiary/aromatic N) is 2. The Labute approximate surface area is 331 Å². The van der Waals surface area contributed by atoms with Crippen molar-refractivity contribution in [2.45, 2.75) is 143 Å². The summed E-state index contributed by atoms with van der Waals surface area (Å²) in [7, 11) is 0. The van der Waals surface area contributed by atoms with Crippen molar-refractivity contribution < 1.29 is 38.0 Å². The van der Waals surface area contributed by atoms with Crippen LogP contribution in [0.25, 0.3) is 0 Å². The first-order valence-corrected chi connectivity index (χ1v) is 21.2. The highest BCUT2D eigenvalue weighted by Gasteiger charge is 2.52. The van der Waals surface area contributed by atoms with Crippen LogP contribution in [0.3, 0.4) is 0 Å². The number of aromatic nitrogens is 1. The molecule has 0 unspecified atom stereocenters. The summed E-state index contributed by atoms with van der Waals surface area (Å²) in [5.74, 6) is -2.80. The highest BCUT2D eigenvalue weighted by Crippen LogP contribution is 2.44. The predicted molar refractivity (Wildman–Crippen MR) is 209 cm³/mol. The number of hydrogen-bond donors (Lipinski definition) is 1. The fourth-order valence-corrected chi connectivity index (χ4v) is 9.46. The van der Waals surface area contributed by atoms with Gasteiger partial charge in [0.2, 0.25) is 29.1 Å². The molecule has 1 aromatic carbocycles. The van der Waals surface area contributed by atoms with Crippen LogP contribution in [0.15, 0.2) is 40.9 Å². The molecular weight excluding hydrogens is 711 g/mol. The number of ketones is 4. The summed E-state index contributed by atoms with van der Waals surface area (Å²) < 4.78 is 11.1. The number of fused-ring (bicyclic) bond motifs is 1. The Balaban J connectivity index is 1.17. The van der Waals surface area contributed by atoms with Gasteiger partial charge in [-0.05, 0) is 84.8 Å². The van der Waals surface area contributed by atoms with E-state index in [4.69, 9.17) is 9.26 Å². The van der Waals surface area contributed by atoms with Crippen LogP contribution < -0.4 is 10.1 Å². The number of ether oxygens (including phenoxy) is 1. The zero-order valence-corrected chi connectivity index (χ0v) is 33.8. The number of likely N-dealkylation sites (tertiary alicyclic amines) is 1. The molecule has 0 spiro atoms. The van der Waals surface area contributed by atoms with Gasteiger partial charge in [0, 0.05) is 37.6 Å². The van der Waals surface area contributed by atoms with Crippen molar-refractivity contribution in [3.8, 4) is 5.88 Å². The first kappa shape index (κ1) is 41.5. The molecule has 304 valence electrons. The lowest BCUT2D eigenvalue weighted by Crippen LogP contribution is -2.58. The number of carbonyl (C=O) groups excluding carboxylic acids is 6. The summed E-state index contributed by atoms with van der Waals surface area (Å²) in [6.07, 6.45) is 10.4. The summed E-state index contributed by atoms with van der Waals surface area (Å²) in [6.45, 7) is 8.33. The largest absolute Gasteiger partial charge is 0.471 e. The predicted octanol–water partition coefficient (Wildman–Crippen LogP) is 7.49. The van der Waals surface area contributed by atoms with Gasteiger partial charge >= 0.3 is 0 Å². The third kappa shape index (κ3) is 10.2. The Morgan fingerprint density at radius 1 is 0.929 bits per heavy atom. The molecule has 56 heavy (non-hydrogen) atoms. The van der Waals surface area contributed by atoms with Crippen LogP contribution in [0.5, 0.6) is 5.88 Å². The SMILES string of the molecule is CCC[C@H](CC(=O)[C@@H]1[C@H]2CCC[C@H]2CN1C(=O)[C@@H](NC(=O)[C@@H](CC(=O)c1cc(OCc2ccccc2)no1)C1CCCCC1)C(C)(C)C)C(=O)C(=O)CC1CC1. The van der Waals surface area contributed by atoms with Gasteiger partial charge in [0.05, 0.1) is 12.1 Å². The van der Waals surface area contributed by atoms with Crippen molar-refractivity contribution in [2.24, 2.45) is 40.9 Å². The van der Waals surface area contributed by atoms with Crippen LogP contribution in [0.1, 0.15) is 140 Å². The molecule has 1 saturated heterocycles. The molecule has 4 aliphatic rings. The maximum absolute atomic E-state index is 14.8. The van der Waals surface area contributed by atoms with E-state index in [1.807, 2.05) is 58.0 Å². The van der Waals surface area contributed by atoms with Crippen LogP contribution in [0.4, 0.5) is 0 Å². The number of nitrogens with one attached hydrogen (secondary N) is 1. The lowest BCUT2D eigenvalue weighted by molar-refractivity contribution is -0.146. The molecule has 0 bridgehead atoms. The third-order valence-corrected chi connectivity index (χ3v) is 12.8. The molecule has 6 atom stereocenters. The average Bonchev–Trinajstić information content (AvgIpc) is 3.51. The summed E-state index contributed by atoms with van der Waals surface area (Å²) in [4.78, 5) is 85.1. The van der Waals surface area contributed by atoms with Gasteiger partial charge in [0.15, 0.2) is 11.6 Å². The first-order valence-electron chi connectivity index (χ1n) is 21.2. The zero-order valence-electron chi connectivity index (χ0n) is 33.8. The minimum absolute atomic E-state index is 0.0154. The second-order valence-electron chi connectivity index (χ2n) is 18.1. The van der Waals surface area contributed by atoms with Gasteiger partial charge < -0.3 is 19.5 Å². The molecule has 4 fully saturated rings. The van der Waals surface area contributed by atoms with Crippen molar-refractivity contribution in [2.75, 3.05) is 6.54 Å². The van der Waals surface area contributed by atoms with Crippen molar-refractivity contribution in [3.05, 3.63) is 47.7 Å². The minimum atomic E-state index is -0.957. The van der Waals surface area contributed by atoms with Crippen molar-refractivity contribution in [3.63, 3.8) is 0 Å². The molecule has 11 nitrogen and oxygen atoms in total. The lowest BCUT2D eigenvalue weighted by Gasteiger charge is -2.38. The molecule has 2 amide bonds. The van der Waals surface area contributed by atoms with E-state index in [1.54, 1.807) is 4.90 Å². The van der Waals surface area contributed by atoms with E-state index < -0.39 is 35.1 Å². The fourth-order valence-electron chi connectivity index (χ4n) is 9.46. The van der Waals surface area contributed by atoms with Gasteiger partial charge in [-0.3, -0.25) is 28.8 Å². The van der Waals surface area contributed by atoms with E-state index in [2.05, 4.69) is 10.5 Å². The van der Waals surface area contributed by atoms with Crippen LogP contribution in [0.2, 0.25) is 0 Å². The van der Waals surface area contributed by atoms with E-state index in [0.29, 0.717) is 19.4 Å². The summed E-state index contributed by atoms with van der Waals surface area (Å²) in [6, 6.07) is 9.39. The van der Waals surface area contributed by atoms with Crippen molar-refractivity contribution >= 4 is 34.9 Å². The van der Waals surface area contributed by atoms with E-state index in [-0.39, 0.29) is 90.3 Å². The van der Waals surface area contributed by atoms with Crippen molar-refractivity contribution in [1.29, 1.82) is 0 Å². The summed E-state index contributed by atoms with van der Waals surface area (Å²) >= 11 is 0. The molecule has 1 N–H and O–H groups in total. The summed E-state index contributed by atoms with van der Waals surface area (Å²) in [5.41, 5.74) is 0.227. The standard InChI is InChI=1S/C45H61N3O8/c1-5-13-31(41(52)37(51)22-28-20-21-28)23-36(50)40-33-19-12-18-32(33)26-48(40)44(54)42(45(2,3)4)46-43(53)34(30-16-10-7-11-17-30)24-35(49)38-25-39(47-56-38)55-27-29-14-8-6-9-15-29/h6,8-9,14-15,25,28,30-34,40,42H,5,7,10-13,16-24,26-27H2,1-4H3,(H,46,53)/t31-,32+,33+,34+,40+,42-/m1/s1. The molecule has 1 aromatic heterocycles. The van der Waals surface area contributed by atoms with Crippen LogP contribution in [-0.2, 0) is 30.6 Å². The van der Waals surface area contributed by atoms with E-state index in [0.717, 1.165) is 69.8 Å². The van der Waals surface area contributed by atoms with Gasteiger partial charge in [-0.1, -0.05) is 90.1 Å². The van der Waals surface area contributed by atoms with Gasteiger partial charge in [-0.25, -0.2) is 0 Å². The lowest BCUT2D eigenvalue weighted by atomic mass is 9.76. The van der Waals surface area contributed by atoms with Gasteiger partial charge in [-0.15, -0.1) is 0 Å². The zero-order chi connectivity index (χ0) is 40.0. The second-order valence-corrected chi connectivity index (χ2v) is 18.1. The maximum atomic E-state index is 14.8. The first-order chi connectivity index (χ1) is 26.8. The Morgan fingerprint density at radius 3 is 2.34 bits per heavy atom. The number of rotatable bonds is 19. The second kappa shape index (κ2) is 18.4. The molecule has 6 rings (SSSR count). The van der Waals surface area contributed by atoms with Crippen LogP contribution in [0, 0.1) is 40.9 Å². The molecule has 0 radical (unpaired) electrons. The Hall–Kier alpha value is -4.15. The van der Waals surface area contributed by atoms with Gasteiger partial charge in [0.1, 0.15) is 12.6 Å². The average molecular weight is 772 g/mol. The fraction of sp³-hybridized carbons (Fsp3) is 0.667.